The van der Waals surface area contributed by atoms with E-state index in [1.165, 1.54) is 19.6 Å². The Morgan fingerprint density at radius 2 is 2.31 bits per heavy atom. The van der Waals surface area contributed by atoms with Crippen molar-refractivity contribution in [1.82, 2.24) is 9.88 Å². The van der Waals surface area contributed by atoms with E-state index in [1.54, 1.807) is 16.2 Å². The summed E-state index contributed by atoms with van der Waals surface area (Å²) in [6.07, 6.45) is 1.95. The number of likely N-dealkylation sites (N-methyl/N-ethyl adjacent to an activating group) is 1. The lowest BCUT2D eigenvalue weighted by molar-refractivity contribution is -0.902. The van der Waals surface area contributed by atoms with Crippen LogP contribution in [0, 0.1) is 6.92 Å². The molecule has 1 aromatic heterocycles. The number of piperazine rings is 1. The van der Waals surface area contributed by atoms with E-state index in [9.17, 15) is 0 Å². The van der Waals surface area contributed by atoms with Crippen LogP contribution in [0.1, 0.15) is 12.6 Å². The minimum atomic E-state index is 0.864. The van der Waals surface area contributed by atoms with Gasteiger partial charge in [0.15, 0.2) is 0 Å². The Labute approximate surface area is 101 Å². The Balaban J connectivity index is 1.84. The average Bonchev–Trinajstić information content (AvgIpc) is 2.73. The van der Waals surface area contributed by atoms with Crippen molar-refractivity contribution in [2.45, 2.75) is 13.8 Å². The molecule has 0 atom stereocenters. The lowest BCUT2D eigenvalue weighted by Crippen LogP contribution is -3.14. The van der Waals surface area contributed by atoms with Crippen molar-refractivity contribution in [3.8, 4) is 0 Å². The molecule has 0 aliphatic carbocycles. The third-order valence-electron chi connectivity index (χ3n) is 2.94. The number of aromatic nitrogens is 1. The summed E-state index contributed by atoms with van der Waals surface area (Å²) in [6.45, 7) is 10.1. The molecular weight excluding hydrogens is 220 g/mol. The predicted molar refractivity (Wildman–Crippen MR) is 67.8 cm³/mol. The molecular formula is C11H19N4S+. The summed E-state index contributed by atoms with van der Waals surface area (Å²) >= 11 is 1.60. The Hall–Kier alpha value is -0.940. The minimum Gasteiger partial charge on any atom is -0.351 e. The van der Waals surface area contributed by atoms with Crippen LogP contribution in [0.3, 0.4) is 0 Å². The first-order valence-corrected chi connectivity index (χ1v) is 6.70. The van der Waals surface area contributed by atoms with Crippen molar-refractivity contribution in [3.05, 3.63) is 11.1 Å². The van der Waals surface area contributed by atoms with Crippen LogP contribution >= 0.6 is 11.3 Å². The third kappa shape index (κ3) is 3.02. The summed E-state index contributed by atoms with van der Waals surface area (Å²) < 4.78 is 0. The summed E-state index contributed by atoms with van der Waals surface area (Å²) in [5.41, 5.74) is 1.05. The van der Waals surface area contributed by atoms with Gasteiger partial charge in [0.05, 0.1) is 44.8 Å². The lowest BCUT2D eigenvalue weighted by atomic mass is 10.3. The molecule has 4 nitrogen and oxygen atoms in total. The molecule has 1 fully saturated rings. The van der Waals surface area contributed by atoms with Gasteiger partial charge in [0.2, 0.25) is 5.13 Å². The number of quaternary nitrogens is 1. The molecule has 0 spiro atoms. The highest BCUT2D eigenvalue weighted by Crippen LogP contribution is 2.17. The molecule has 1 aliphatic heterocycles. The van der Waals surface area contributed by atoms with Gasteiger partial charge in [0, 0.05) is 5.38 Å². The molecule has 88 valence electrons. The predicted octanol–water partition coefficient (Wildman–Crippen LogP) is 0.332. The lowest BCUT2D eigenvalue weighted by Gasteiger charge is -2.29. The van der Waals surface area contributed by atoms with E-state index in [2.05, 4.69) is 21.8 Å². The van der Waals surface area contributed by atoms with E-state index in [0.717, 1.165) is 23.9 Å². The van der Waals surface area contributed by atoms with Gasteiger partial charge in [-0.05, 0) is 13.8 Å². The molecule has 5 heteroatoms. The largest absolute Gasteiger partial charge is 0.351 e. The maximum atomic E-state index is 4.40. The summed E-state index contributed by atoms with van der Waals surface area (Å²) in [7, 11) is 0. The van der Waals surface area contributed by atoms with Crippen molar-refractivity contribution in [1.29, 1.82) is 0 Å². The van der Waals surface area contributed by atoms with Crippen LogP contribution in [0.25, 0.3) is 0 Å². The molecule has 1 N–H and O–H groups in total. The number of nitrogens with zero attached hydrogens (tertiary/aromatic N) is 3. The fourth-order valence-corrected chi connectivity index (χ4v) is 2.47. The van der Waals surface area contributed by atoms with E-state index in [4.69, 9.17) is 0 Å². The van der Waals surface area contributed by atoms with Gasteiger partial charge in [-0.1, -0.05) is 0 Å². The molecule has 0 radical (unpaired) electrons. The molecule has 0 bridgehead atoms. The summed E-state index contributed by atoms with van der Waals surface area (Å²) in [5, 5.41) is 2.90. The molecule has 0 unspecified atom stereocenters. The second-order valence-corrected chi connectivity index (χ2v) is 4.99. The highest BCUT2D eigenvalue weighted by Gasteiger charge is 2.15. The van der Waals surface area contributed by atoms with Gasteiger partial charge < -0.3 is 9.80 Å². The molecule has 1 aliphatic rings. The molecule has 2 heterocycles. The molecule has 16 heavy (non-hydrogen) atoms. The molecule has 1 saturated heterocycles. The first-order chi connectivity index (χ1) is 7.78. The van der Waals surface area contributed by atoms with Gasteiger partial charge in [-0.3, -0.25) is 0 Å². The van der Waals surface area contributed by atoms with Crippen molar-refractivity contribution in [3.63, 3.8) is 0 Å². The third-order valence-corrected chi connectivity index (χ3v) is 3.81. The maximum absolute atomic E-state index is 4.40. The van der Waals surface area contributed by atoms with Gasteiger partial charge in [-0.15, -0.1) is 11.3 Å². The minimum absolute atomic E-state index is 0.864. The molecule has 0 saturated carbocycles. The second kappa shape index (κ2) is 5.41. The Morgan fingerprint density at radius 3 is 2.88 bits per heavy atom. The topological polar surface area (TPSA) is 32.9 Å². The standard InChI is InChI=1S/C11H18N4S/c1-3-14-4-6-15(7-5-14)9-12-11-13-10(2)8-16-11/h8-9H,3-7H2,1-2H3/p+1. The number of aryl methyl sites for hydroxylation is 1. The summed E-state index contributed by atoms with van der Waals surface area (Å²) in [5.74, 6) is 0. The maximum Gasteiger partial charge on any atom is 0.210 e. The zero-order valence-electron chi connectivity index (χ0n) is 9.94. The van der Waals surface area contributed by atoms with Crippen LogP contribution in [0.4, 0.5) is 5.13 Å². The van der Waals surface area contributed by atoms with E-state index >= 15 is 0 Å². The molecule has 1 aromatic rings. The number of hydrogen-bond donors (Lipinski definition) is 1. The van der Waals surface area contributed by atoms with Gasteiger partial charge in [-0.25, -0.2) is 9.98 Å². The summed E-state index contributed by atoms with van der Waals surface area (Å²) in [4.78, 5) is 12.7. The summed E-state index contributed by atoms with van der Waals surface area (Å²) in [6, 6.07) is 0. The van der Waals surface area contributed by atoms with Crippen LogP contribution in [0.2, 0.25) is 0 Å². The highest BCUT2D eigenvalue weighted by molar-refractivity contribution is 7.13. The number of thiazole rings is 1. The Kier molecular flexibility index (Phi) is 3.90. The molecule has 0 aromatic carbocycles. The van der Waals surface area contributed by atoms with Gasteiger partial charge >= 0.3 is 0 Å². The van der Waals surface area contributed by atoms with E-state index in [-0.39, 0.29) is 0 Å². The van der Waals surface area contributed by atoms with Crippen molar-refractivity contribution >= 4 is 22.8 Å². The number of nitrogens with one attached hydrogen (secondary N) is 1. The number of hydrogen-bond acceptors (Lipinski definition) is 3. The first-order valence-electron chi connectivity index (χ1n) is 5.82. The van der Waals surface area contributed by atoms with Crippen molar-refractivity contribution in [2.75, 3.05) is 32.7 Å². The fraction of sp³-hybridized carbons (Fsp3) is 0.636. The van der Waals surface area contributed by atoms with Crippen LogP contribution in [0.15, 0.2) is 10.4 Å². The quantitative estimate of drug-likeness (QED) is 0.609. The van der Waals surface area contributed by atoms with E-state index in [0.29, 0.717) is 0 Å². The van der Waals surface area contributed by atoms with Gasteiger partial charge in [0.1, 0.15) is 0 Å². The van der Waals surface area contributed by atoms with Gasteiger partial charge in [-0.2, -0.15) is 0 Å². The molecule has 2 rings (SSSR count). The normalized spacial score (nSPS) is 18.5. The van der Waals surface area contributed by atoms with E-state index < -0.39 is 0 Å². The highest BCUT2D eigenvalue weighted by atomic mass is 32.1. The van der Waals surface area contributed by atoms with E-state index in [1.807, 2.05) is 18.6 Å². The smallest absolute Gasteiger partial charge is 0.210 e. The van der Waals surface area contributed by atoms with Crippen LogP contribution < -0.4 is 4.90 Å². The number of aliphatic imine (C=N–C) groups is 1. The monoisotopic (exact) mass is 239 g/mol. The zero-order chi connectivity index (χ0) is 11.4. The van der Waals surface area contributed by atoms with Crippen molar-refractivity contribution < 1.29 is 4.90 Å². The van der Waals surface area contributed by atoms with Crippen LogP contribution in [0.5, 0.6) is 0 Å². The Morgan fingerprint density at radius 1 is 1.56 bits per heavy atom. The Bertz CT molecular complexity index is 353. The van der Waals surface area contributed by atoms with Crippen molar-refractivity contribution in [2.24, 2.45) is 4.99 Å². The zero-order valence-corrected chi connectivity index (χ0v) is 10.8. The van der Waals surface area contributed by atoms with Crippen LogP contribution in [-0.2, 0) is 0 Å². The number of rotatable bonds is 3. The SMILES string of the molecule is CC[NH+]1CCN(C=Nc2nc(C)cs2)CC1. The molecule has 0 amide bonds. The first kappa shape index (κ1) is 11.5. The van der Waals surface area contributed by atoms with Gasteiger partial charge in [0.25, 0.3) is 0 Å². The second-order valence-electron chi connectivity index (χ2n) is 4.16. The average molecular weight is 239 g/mol. The fourth-order valence-electron chi connectivity index (χ4n) is 1.84. The van der Waals surface area contributed by atoms with Crippen LogP contribution in [-0.4, -0.2) is 48.9 Å².